The van der Waals surface area contributed by atoms with Crippen molar-refractivity contribution in [3.63, 3.8) is 0 Å². The third-order valence-electron chi connectivity index (χ3n) is 4.20. The van der Waals surface area contributed by atoms with Gasteiger partial charge in [0.2, 0.25) is 0 Å². The minimum Gasteiger partial charge on any atom is -0.507 e. The maximum absolute atomic E-state index is 13.9. The van der Waals surface area contributed by atoms with E-state index in [0.29, 0.717) is 5.56 Å². The molecule has 8 heteroatoms. The number of hydrogen-bond acceptors (Lipinski definition) is 4. The summed E-state index contributed by atoms with van der Waals surface area (Å²) in [4.78, 5) is 15.6. The van der Waals surface area contributed by atoms with Gasteiger partial charge < -0.3 is 9.84 Å². The van der Waals surface area contributed by atoms with Gasteiger partial charge >= 0.3 is 12.1 Å². The minimum atomic E-state index is -4.80. The summed E-state index contributed by atoms with van der Waals surface area (Å²) in [6.07, 6.45) is -3.66. The standard InChI is InChI=1S/C23H15ClF3NO3/c1-2-31-22(30)16-5-3-4-14(12-16)6-7-15-8-10-18(29)20(21(15)23(25,26)27)17-9-11-19(24)28-13-17/h3-5,8-13,29H,2H2,1H3. The summed E-state index contributed by atoms with van der Waals surface area (Å²) in [5.74, 6) is 4.03. The fraction of sp³-hybridized carbons (Fsp3) is 0.130. The maximum Gasteiger partial charge on any atom is 0.418 e. The highest BCUT2D eigenvalue weighted by atomic mass is 35.5. The van der Waals surface area contributed by atoms with E-state index >= 15 is 0 Å². The molecule has 2 aromatic carbocycles. The maximum atomic E-state index is 13.9. The Morgan fingerprint density at radius 1 is 1.16 bits per heavy atom. The number of nitrogens with zero attached hydrogens (tertiary/aromatic N) is 1. The molecule has 0 fully saturated rings. The summed E-state index contributed by atoms with van der Waals surface area (Å²) >= 11 is 5.72. The van der Waals surface area contributed by atoms with Crippen molar-refractivity contribution in [1.82, 2.24) is 4.98 Å². The number of benzene rings is 2. The third-order valence-corrected chi connectivity index (χ3v) is 4.42. The van der Waals surface area contributed by atoms with Crippen molar-refractivity contribution in [2.45, 2.75) is 13.1 Å². The second-order valence-corrected chi connectivity index (χ2v) is 6.69. The van der Waals surface area contributed by atoms with E-state index < -0.39 is 29.0 Å². The van der Waals surface area contributed by atoms with Crippen LogP contribution in [0.5, 0.6) is 5.75 Å². The number of halogens is 4. The van der Waals surface area contributed by atoms with E-state index in [1.165, 1.54) is 24.3 Å². The molecule has 0 aliphatic heterocycles. The quantitative estimate of drug-likeness (QED) is 0.319. The lowest BCUT2D eigenvalue weighted by Crippen LogP contribution is -2.10. The molecule has 0 atom stereocenters. The van der Waals surface area contributed by atoms with Crippen LogP contribution in [0.2, 0.25) is 5.15 Å². The van der Waals surface area contributed by atoms with Crippen molar-refractivity contribution in [3.05, 3.63) is 82.1 Å². The van der Waals surface area contributed by atoms with Gasteiger partial charge in [-0.15, -0.1) is 0 Å². The first kappa shape index (κ1) is 22.2. The summed E-state index contributed by atoms with van der Waals surface area (Å²) in [6.45, 7) is 1.86. The minimum absolute atomic E-state index is 0.0437. The van der Waals surface area contributed by atoms with Gasteiger partial charge in [-0.1, -0.05) is 29.5 Å². The molecule has 0 amide bonds. The molecular formula is C23H15ClF3NO3. The zero-order valence-corrected chi connectivity index (χ0v) is 16.9. The molecule has 0 radical (unpaired) electrons. The van der Waals surface area contributed by atoms with Crippen LogP contribution in [0.3, 0.4) is 0 Å². The summed E-state index contributed by atoms with van der Waals surface area (Å²) < 4.78 is 46.8. The van der Waals surface area contributed by atoms with Crippen molar-refractivity contribution in [2.75, 3.05) is 6.61 Å². The van der Waals surface area contributed by atoms with Crippen LogP contribution in [0.1, 0.15) is 34.0 Å². The fourth-order valence-electron chi connectivity index (χ4n) is 2.88. The van der Waals surface area contributed by atoms with Crippen molar-refractivity contribution < 1.29 is 27.8 Å². The van der Waals surface area contributed by atoms with E-state index in [-0.39, 0.29) is 28.5 Å². The average Bonchev–Trinajstić information content (AvgIpc) is 2.73. The topological polar surface area (TPSA) is 59.4 Å². The van der Waals surface area contributed by atoms with Crippen LogP contribution in [-0.2, 0) is 10.9 Å². The SMILES string of the molecule is CCOC(=O)c1cccc(C#Cc2ccc(O)c(-c3ccc(Cl)nc3)c2C(F)(F)F)c1. The molecule has 3 rings (SSSR count). The second-order valence-electron chi connectivity index (χ2n) is 6.30. The van der Waals surface area contributed by atoms with E-state index in [4.69, 9.17) is 16.3 Å². The van der Waals surface area contributed by atoms with Gasteiger partial charge in [0.15, 0.2) is 0 Å². The van der Waals surface area contributed by atoms with Crippen LogP contribution < -0.4 is 0 Å². The van der Waals surface area contributed by atoms with E-state index in [2.05, 4.69) is 16.8 Å². The number of esters is 1. The zero-order valence-electron chi connectivity index (χ0n) is 16.1. The summed E-state index contributed by atoms with van der Waals surface area (Å²) in [7, 11) is 0. The number of aromatic nitrogens is 1. The Labute approximate surface area is 181 Å². The zero-order chi connectivity index (χ0) is 22.6. The Hall–Kier alpha value is -3.50. The largest absolute Gasteiger partial charge is 0.507 e. The van der Waals surface area contributed by atoms with Crippen LogP contribution in [0.25, 0.3) is 11.1 Å². The lowest BCUT2D eigenvalue weighted by molar-refractivity contribution is -0.137. The molecule has 4 nitrogen and oxygen atoms in total. The number of rotatable bonds is 3. The molecule has 0 bridgehead atoms. The number of pyridine rings is 1. The van der Waals surface area contributed by atoms with Gasteiger partial charge in [0, 0.05) is 28.5 Å². The van der Waals surface area contributed by atoms with Gasteiger partial charge in [0.25, 0.3) is 0 Å². The third kappa shape index (κ3) is 5.16. The second kappa shape index (κ2) is 9.11. The Balaban J connectivity index is 2.12. The molecule has 0 saturated heterocycles. The van der Waals surface area contributed by atoms with Crippen molar-refractivity contribution in [1.29, 1.82) is 0 Å². The van der Waals surface area contributed by atoms with Gasteiger partial charge in [-0.05, 0) is 49.4 Å². The van der Waals surface area contributed by atoms with Gasteiger partial charge in [0.1, 0.15) is 10.9 Å². The number of hydrogen-bond donors (Lipinski definition) is 1. The highest BCUT2D eigenvalue weighted by molar-refractivity contribution is 6.29. The molecule has 3 aromatic rings. The Morgan fingerprint density at radius 3 is 2.58 bits per heavy atom. The number of phenolic OH excluding ortho intramolecular Hbond substituents is 1. The Kier molecular flexibility index (Phi) is 6.52. The van der Waals surface area contributed by atoms with Crippen LogP contribution in [0.15, 0.2) is 54.7 Å². The lowest BCUT2D eigenvalue weighted by atomic mass is 9.94. The van der Waals surface area contributed by atoms with Crippen LogP contribution in [0, 0.1) is 11.8 Å². The molecule has 0 aliphatic carbocycles. The molecule has 31 heavy (non-hydrogen) atoms. The molecule has 0 spiro atoms. The molecule has 1 N–H and O–H groups in total. The molecule has 0 saturated carbocycles. The summed E-state index contributed by atoms with van der Waals surface area (Å²) in [6, 6.07) is 11.0. The molecular weight excluding hydrogens is 431 g/mol. The first-order valence-corrected chi connectivity index (χ1v) is 9.42. The van der Waals surface area contributed by atoms with E-state index in [9.17, 15) is 23.1 Å². The number of alkyl halides is 3. The van der Waals surface area contributed by atoms with Gasteiger partial charge in [0.05, 0.1) is 17.7 Å². The first-order chi connectivity index (χ1) is 14.7. The van der Waals surface area contributed by atoms with Gasteiger partial charge in [-0.3, -0.25) is 0 Å². The number of phenols is 1. The highest BCUT2D eigenvalue weighted by Crippen LogP contribution is 2.43. The molecule has 0 aliphatic rings. The van der Waals surface area contributed by atoms with Crippen LogP contribution >= 0.6 is 11.6 Å². The fourth-order valence-corrected chi connectivity index (χ4v) is 3.00. The van der Waals surface area contributed by atoms with Gasteiger partial charge in [-0.25, -0.2) is 9.78 Å². The van der Waals surface area contributed by atoms with Crippen molar-refractivity contribution in [2.24, 2.45) is 0 Å². The van der Waals surface area contributed by atoms with E-state index in [1.807, 2.05) is 0 Å². The van der Waals surface area contributed by atoms with Crippen LogP contribution in [0.4, 0.5) is 13.2 Å². The number of carbonyl (C=O) groups excluding carboxylic acids is 1. The number of ether oxygens (including phenoxy) is 1. The van der Waals surface area contributed by atoms with Crippen molar-refractivity contribution >= 4 is 17.6 Å². The first-order valence-electron chi connectivity index (χ1n) is 9.05. The monoisotopic (exact) mass is 445 g/mol. The molecule has 1 heterocycles. The normalized spacial score (nSPS) is 10.9. The van der Waals surface area contributed by atoms with E-state index in [0.717, 1.165) is 18.3 Å². The Morgan fingerprint density at radius 2 is 1.94 bits per heavy atom. The number of aromatic hydroxyl groups is 1. The average molecular weight is 446 g/mol. The Bertz CT molecular complexity index is 1180. The summed E-state index contributed by atoms with van der Waals surface area (Å²) in [5.41, 5.74) is -1.25. The smallest absolute Gasteiger partial charge is 0.418 e. The van der Waals surface area contributed by atoms with Crippen LogP contribution in [-0.4, -0.2) is 22.7 Å². The van der Waals surface area contributed by atoms with Crippen molar-refractivity contribution in [3.8, 4) is 28.7 Å². The van der Waals surface area contributed by atoms with E-state index in [1.54, 1.807) is 19.1 Å². The predicted octanol–water partition coefficient (Wildman–Crippen LogP) is 5.70. The lowest BCUT2D eigenvalue weighted by Gasteiger charge is -2.16. The highest BCUT2D eigenvalue weighted by Gasteiger charge is 2.37. The molecule has 0 unspecified atom stereocenters. The number of carbonyl (C=O) groups is 1. The molecule has 1 aromatic heterocycles. The summed E-state index contributed by atoms with van der Waals surface area (Å²) in [5, 5.41) is 10.3. The van der Waals surface area contributed by atoms with Gasteiger partial charge in [-0.2, -0.15) is 13.2 Å². The predicted molar refractivity (Wildman–Crippen MR) is 110 cm³/mol. The molecule has 158 valence electrons.